The molecule has 3 aromatic heterocycles. The van der Waals surface area contributed by atoms with Gasteiger partial charge in [0.25, 0.3) is 0 Å². The molecular formula is C17H25N7. The lowest BCUT2D eigenvalue weighted by molar-refractivity contribution is 0.676. The van der Waals surface area contributed by atoms with E-state index in [-0.39, 0.29) is 0 Å². The number of nitrogens with one attached hydrogen (secondary N) is 1. The Kier molecular flexibility index (Phi) is 4.26. The fourth-order valence-corrected chi connectivity index (χ4v) is 3.00. The van der Waals surface area contributed by atoms with Gasteiger partial charge < -0.3 is 5.32 Å². The van der Waals surface area contributed by atoms with Gasteiger partial charge in [0.2, 0.25) is 0 Å². The summed E-state index contributed by atoms with van der Waals surface area (Å²) >= 11 is 0. The summed E-state index contributed by atoms with van der Waals surface area (Å²) in [7, 11) is 1.95. The maximum atomic E-state index is 4.78. The maximum absolute atomic E-state index is 4.78. The number of anilines is 2. The van der Waals surface area contributed by atoms with Crippen LogP contribution in [-0.2, 0) is 20.0 Å². The van der Waals surface area contributed by atoms with Gasteiger partial charge in [-0.15, -0.1) is 0 Å². The standard InChI is InChI=1S/C17H25N7/c1-7-9-13-18-15-11(4)22-24(8-2)16(15)17(19-13)20-14-10(3)21-23(6)12(14)5/h7-9H2,1-6H3,(H,18,19,20). The maximum Gasteiger partial charge on any atom is 0.160 e. The van der Waals surface area contributed by atoms with Crippen LogP contribution < -0.4 is 5.32 Å². The third-order valence-electron chi connectivity index (χ3n) is 4.33. The Bertz CT molecular complexity index is 888. The zero-order chi connectivity index (χ0) is 17.4. The molecule has 0 radical (unpaired) electrons. The normalized spacial score (nSPS) is 11.4. The molecular weight excluding hydrogens is 302 g/mol. The Morgan fingerprint density at radius 3 is 2.33 bits per heavy atom. The number of hydrogen-bond acceptors (Lipinski definition) is 5. The van der Waals surface area contributed by atoms with Gasteiger partial charge in [0.05, 0.1) is 22.8 Å². The highest BCUT2D eigenvalue weighted by Gasteiger charge is 2.18. The molecule has 3 aromatic rings. The van der Waals surface area contributed by atoms with E-state index in [2.05, 4.69) is 36.3 Å². The van der Waals surface area contributed by atoms with Gasteiger partial charge in [-0.05, 0) is 34.1 Å². The number of nitrogens with zero attached hydrogens (tertiary/aromatic N) is 6. The van der Waals surface area contributed by atoms with Gasteiger partial charge in [-0.1, -0.05) is 6.92 Å². The summed E-state index contributed by atoms with van der Waals surface area (Å²) in [6.07, 6.45) is 1.86. The molecule has 128 valence electrons. The lowest BCUT2D eigenvalue weighted by Crippen LogP contribution is -2.06. The minimum Gasteiger partial charge on any atom is -0.335 e. The van der Waals surface area contributed by atoms with E-state index in [1.54, 1.807) is 0 Å². The van der Waals surface area contributed by atoms with E-state index >= 15 is 0 Å². The van der Waals surface area contributed by atoms with Crippen molar-refractivity contribution in [2.24, 2.45) is 7.05 Å². The second kappa shape index (κ2) is 6.22. The third kappa shape index (κ3) is 2.64. The SMILES string of the molecule is CCCc1nc(Nc2c(C)nn(C)c2C)c2c(n1)c(C)nn2CC. The van der Waals surface area contributed by atoms with Crippen LogP contribution in [0.4, 0.5) is 11.5 Å². The summed E-state index contributed by atoms with van der Waals surface area (Å²) in [6, 6.07) is 0. The highest BCUT2D eigenvalue weighted by atomic mass is 15.3. The van der Waals surface area contributed by atoms with Crippen molar-refractivity contribution >= 4 is 22.5 Å². The highest BCUT2D eigenvalue weighted by Crippen LogP contribution is 2.29. The summed E-state index contributed by atoms with van der Waals surface area (Å²) in [5, 5.41) is 12.6. The van der Waals surface area contributed by atoms with Crippen LogP contribution in [0.2, 0.25) is 0 Å². The van der Waals surface area contributed by atoms with E-state index in [0.29, 0.717) is 0 Å². The van der Waals surface area contributed by atoms with E-state index < -0.39 is 0 Å². The summed E-state index contributed by atoms with van der Waals surface area (Å²) in [4.78, 5) is 9.51. The molecule has 7 nitrogen and oxygen atoms in total. The van der Waals surface area contributed by atoms with E-state index in [0.717, 1.165) is 64.8 Å². The molecule has 0 spiro atoms. The second-order valence-electron chi connectivity index (χ2n) is 6.13. The lowest BCUT2D eigenvalue weighted by Gasteiger charge is -2.11. The average Bonchev–Trinajstić information content (AvgIpc) is 2.99. The summed E-state index contributed by atoms with van der Waals surface area (Å²) in [5.41, 5.74) is 5.86. The molecule has 0 fully saturated rings. The Balaban J connectivity index is 2.20. The predicted octanol–water partition coefficient (Wildman–Crippen LogP) is 3.20. The molecule has 24 heavy (non-hydrogen) atoms. The van der Waals surface area contributed by atoms with Crippen molar-refractivity contribution in [2.75, 3.05) is 5.32 Å². The van der Waals surface area contributed by atoms with Crippen LogP contribution >= 0.6 is 0 Å². The quantitative estimate of drug-likeness (QED) is 0.779. The third-order valence-corrected chi connectivity index (χ3v) is 4.33. The Morgan fingerprint density at radius 2 is 1.75 bits per heavy atom. The van der Waals surface area contributed by atoms with Gasteiger partial charge in [0, 0.05) is 20.0 Å². The molecule has 0 atom stereocenters. The van der Waals surface area contributed by atoms with E-state index in [4.69, 9.17) is 9.97 Å². The summed E-state index contributed by atoms with van der Waals surface area (Å²) in [5.74, 6) is 1.66. The van der Waals surface area contributed by atoms with E-state index in [1.165, 1.54) is 0 Å². The van der Waals surface area contributed by atoms with Gasteiger partial charge in [-0.25, -0.2) is 9.97 Å². The minimum atomic E-state index is 0.778. The zero-order valence-electron chi connectivity index (χ0n) is 15.3. The van der Waals surface area contributed by atoms with Gasteiger partial charge in [0.1, 0.15) is 16.9 Å². The van der Waals surface area contributed by atoms with Gasteiger partial charge in [0.15, 0.2) is 5.82 Å². The molecule has 7 heteroatoms. The van der Waals surface area contributed by atoms with Crippen LogP contribution in [0.3, 0.4) is 0 Å². The zero-order valence-corrected chi connectivity index (χ0v) is 15.3. The van der Waals surface area contributed by atoms with Gasteiger partial charge in [-0.2, -0.15) is 10.2 Å². The molecule has 0 aliphatic rings. The minimum absolute atomic E-state index is 0.778. The van der Waals surface area contributed by atoms with Crippen molar-refractivity contribution in [3.05, 3.63) is 22.9 Å². The first-order chi connectivity index (χ1) is 11.5. The number of aryl methyl sites for hydroxylation is 5. The molecule has 0 saturated heterocycles. The second-order valence-corrected chi connectivity index (χ2v) is 6.13. The number of aromatic nitrogens is 6. The fraction of sp³-hybridized carbons (Fsp3) is 0.529. The van der Waals surface area contributed by atoms with E-state index in [1.807, 2.05) is 30.3 Å². The first-order valence-electron chi connectivity index (χ1n) is 8.47. The van der Waals surface area contributed by atoms with Crippen LogP contribution in [-0.4, -0.2) is 29.5 Å². The van der Waals surface area contributed by atoms with Crippen molar-refractivity contribution in [1.82, 2.24) is 29.5 Å². The lowest BCUT2D eigenvalue weighted by atomic mass is 10.2. The molecule has 0 bridgehead atoms. The van der Waals surface area contributed by atoms with E-state index in [9.17, 15) is 0 Å². The van der Waals surface area contributed by atoms with Crippen molar-refractivity contribution < 1.29 is 0 Å². The predicted molar refractivity (Wildman–Crippen MR) is 95.7 cm³/mol. The summed E-state index contributed by atoms with van der Waals surface area (Å²) in [6.45, 7) is 11.1. The van der Waals surface area contributed by atoms with Crippen LogP contribution in [0.15, 0.2) is 0 Å². The Labute approximate surface area is 142 Å². The summed E-state index contributed by atoms with van der Waals surface area (Å²) < 4.78 is 3.84. The van der Waals surface area contributed by atoms with Crippen LogP contribution in [0.25, 0.3) is 11.0 Å². The van der Waals surface area contributed by atoms with Crippen LogP contribution in [0.1, 0.15) is 43.2 Å². The van der Waals surface area contributed by atoms with Crippen molar-refractivity contribution in [3.63, 3.8) is 0 Å². The van der Waals surface area contributed by atoms with Crippen LogP contribution in [0, 0.1) is 20.8 Å². The van der Waals surface area contributed by atoms with Gasteiger partial charge >= 0.3 is 0 Å². The monoisotopic (exact) mass is 327 g/mol. The molecule has 3 rings (SSSR count). The fourth-order valence-electron chi connectivity index (χ4n) is 3.00. The highest BCUT2D eigenvalue weighted by molar-refractivity contribution is 5.89. The molecule has 1 N–H and O–H groups in total. The molecule has 0 amide bonds. The molecule has 0 aromatic carbocycles. The van der Waals surface area contributed by atoms with Crippen molar-refractivity contribution in [1.29, 1.82) is 0 Å². The molecule has 0 aliphatic carbocycles. The molecule has 0 saturated carbocycles. The first-order valence-corrected chi connectivity index (χ1v) is 8.47. The number of fused-ring (bicyclic) bond motifs is 1. The smallest absolute Gasteiger partial charge is 0.160 e. The molecule has 0 aliphatic heterocycles. The first kappa shape index (κ1) is 16.4. The van der Waals surface area contributed by atoms with Crippen LogP contribution in [0.5, 0.6) is 0 Å². The van der Waals surface area contributed by atoms with Crippen molar-refractivity contribution in [2.45, 2.75) is 54.0 Å². The van der Waals surface area contributed by atoms with Gasteiger partial charge in [-0.3, -0.25) is 9.36 Å². The number of rotatable bonds is 5. The Morgan fingerprint density at radius 1 is 1.00 bits per heavy atom. The number of hydrogen-bond donors (Lipinski definition) is 1. The Hall–Kier alpha value is -2.44. The van der Waals surface area contributed by atoms with Crippen molar-refractivity contribution in [3.8, 4) is 0 Å². The largest absolute Gasteiger partial charge is 0.335 e. The molecule has 0 unspecified atom stereocenters. The molecule has 3 heterocycles. The topological polar surface area (TPSA) is 73.5 Å². The average molecular weight is 327 g/mol.